The number of thioether (sulfide) groups is 1. The van der Waals surface area contributed by atoms with Gasteiger partial charge in [0.05, 0.1) is 10.6 Å². The molecular formula is C30H29ClF8N2O2S. The van der Waals surface area contributed by atoms with Gasteiger partial charge in [-0.05, 0) is 30.5 Å². The first kappa shape index (κ1) is 36.9. The smallest absolute Gasteiger partial charge is 0.255 e. The monoisotopic (exact) mass is 668 g/mol. The summed E-state index contributed by atoms with van der Waals surface area (Å²) >= 11 is 7.53. The standard InChI is InChI=1S/C26H19ClF8N2O2S.C4H10/c1-11(9-36-39-10-15-20(30)23(33)25(35)24(34)21(15)31)5-12(2)40-19-6-13(3-4-16(19)27)26(38)37-14-7-17(28)22(32)18(29)8-14;1-3-4-2/h3-4,6-9,11-12H,5,10H2,1-2H3,(H,37,38);3-4H2,1-2H3/b36-9+;. The fourth-order valence-electron chi connectivity index (χ4n) is 3.44. The van der Waals surface area contributed by atoms with Crippen molar-refractivity contribution in [1.82, 2.24) is 0 Å². The lowest BCUT2D eigenvalue weighted by molar-refractivity contribution is 0.102. The van der Waals surface area contributed by atoms with Crippen LogP contribution in [-0.4, -0.2) is 17.4 Å². The molecule has 0 aliphatic rings. The number of carbonyl (C=O) groups is 1. The summed E-state index contributed by atoms with van der Waals surface area (Å²) in [5.41, 5.74) is -1.33. The van der Waals surface area contributed by atoms with E-state index in [1.165, 1.54) is 49.0 Å². The largest absolute Gasteiger partial charge is 0.391 e. The number of rotatable bonds is 11. The number of nitrogens with zero attached hydrogens (tertiary/aromatic N) is 1. The van der Waals surface area contributed by atoms with Crippen LogP contribution in [0.15, 0.2) is 40.4 Å². The predicted molar refractivity (Wildman–Crippen MR) is 155 cm³/mol. The highest BCUT2D eigenvalue weighted by Gasteiger charge is 2.26. The van der Waals surface area contributed by atoms with Crippen LogP contribution in [-0.2, 0) is 11.4 Å². The molecular weight excluding hydrogens is 640 g/mol. The minimum absolute atomic E-state index is 0.111. The molecule has 2 unspecified atom stereocenters. The summed E-state index contributed by atoms with van der Waals surface area (Å²) in [5.74, 6) is -16.0. The van der Waals surface area contributed by atoms with Gasteiger partial charge >= 0.3 is 0 Å². The highest BCUT2D eigenvalue weighted by molar-refractivity contribution is 8.00. The van der Waals surface area contributed by atoms with Gasteiger partial charge in [0, 0.05) is 39.7 Å². The highest BCUT2D eigenvalue weighted by Crippen LogP contribution is 2.34. The number of carbonyl (C=O) groups excluding carboxylic acids is 1. The van der Waals surface area contributed by atoms with Crippen LogP contribution in [0.1, 0.15) is 62.9 Å². The van der Waals surface area contributed by atoms with Crippen LogP contribution in [0.3, 0.4) is 0 Å². The van der Waals surface area contributed by atoms with Gasteiger partial charge in [0.15, 0.2) is 40.7 Å². The van der Waals surface area contributed by atoms with Crippen molar-refractivity contribution in [3.8, 4) is 0 Å². The molecule has 0 saturated heterocycles. The molecule has 3 aromatic carbocycles. The third-order valence-electron chi connectivity index (χ3n) is 5.87. The zero-order valence-corrected chi connectivity index (χ0v) is 25.6. The second-order valence-corrected chi connectivity index (χ2v) is 11.5. The van der Waals surface area contributed by atoms with Crippen LogP contribution in [0.2, 0.25) is 5.02 Å². The van der Waals surface area contributed by atoms with Crippen molar-refractivity contribution >= 4 is 41.2 Å². The van der Waals surface area contributed by atoms with Gasteiger partial charge in [-0.15, -0.1) is 11.8 Å². The van der Waals surface area contributed by atoms with Gasteiger partial charge in [-0.3, -0.25) is 4.79 Å². The van der Waals surface area contributed by atoms with Gasteiger partial charge in [-0.2, -0.15) is 0 Å². The normalized spacial score (nSPS) is 12.5. The summed E-state index contributed by atoms with van der Waals surface area (Å²) in [4.78, 5) is 17.8. The summed E-state index contributed by atoms with van der Waals surface area (Å²) < 4.78 is 107. The van der Waals surface area contributed by atoms with Crippen LogP contribution in [0, 0.1) is 52.5 Å². The topological polar surface area (TPSA) is 50.7 Å². The Kier molecular flexibility index (Phi) is 14.4. The van der Waals surface area contributed by atoms with Gasteiger partial charge < -0.3 is 10.2 Å². The Bertz CT molecular complexity index is 1440. The van der Waals surface area contributed by atoms with Crippen molar-refractivity contribution < 1.29 is 44.8 Å². The molecule has 2 atom stereocenters. The van der Waals surface area contributed by atoms with Crippen molar-refractivity contribution in [2.75, 3.05) is 5.32 Å². The number of halogens is 9. The molecule has 240 valence electrons. The van der Waals surface area contributed by atoms with E-state index in [4.69, 9.17) is 16.4 Å². The Morgan fingerprint density at radius 2 is 1.43 bits per heavy atom. The molecule has 0 aliphatic carbocycles. The van der Waals surface area contributed by atoms with Crippen molar-refractivity contribution in [2.45, 2.75) is 63.7 Å². The third-order valence-corrected chi connectivity index (χ3v) is 7.49. The minimum Gasteiger partial charge on any atom is -0.391 e. The van der Waals surface area contributed by atoms with Gasteiger partial charge in [0.1, 0.15) is 6.61 Å². The molecule has 14 heteroatoms. The molecule has 0 fully saturated rings. The maximum Gasteiger partial charge on any atom is 0.255 e. The fourth-order valence-corrected chi connectivity index (χ4v) is 4.90. The first-order valence-corrected chi connectivity index (χ1v) is 14.5. The molecule has 3 rings (SSSR count). The molecule has 0 spiro atoms. The number of amides is 1. The average Bonchev–Trinajstić information content (AvgIpc) is 2.98. The third kappa shape index (κ3) is 10.1. The van der Waals surface area contributed by atoms with E-state index in [0.29, 0.717) is 28.5 Å². The van der Waals surface area contributed by atoms with Crippen molar-refractivity contribution in [1.29, 1.82) is 0 Å². The SMILES string of the molecule is CC(/C=N/OCc1c(F)c(F)c(F)c(F)c1F)CC(C)Sc1cc(C(=O)Nc2cc(F)c(F)c(F)c2)ccc1Cl.CCCC. The quantitative estimate of drug-likeness (QED) is 0.0553. The molecule has 0 radical (unpaired) electrons. The number of benzene rings is 3. The van der Waals surface area contributed by atoms with E-state index in [1.807, 2.05) is 6.92 Å². The average molecular weight is 669 g/mol. The van der Waals surface area contributed by atoms with E-state index >= 15 is 0 Å². The molecule has 1 N–H and O–H groups in total. The Labute approximate surface area is 258 Å². The van der Waals surface area contributed by atoms with Gasteiger partial charge in [0.25, 0.3) is 5.91 Å². The lowest BCUT2D eigenvalue weighted by Crippen LogP contribution is -2.13. The van der Waals surface area contributed by atoms with E-state index in [-0.39, 0.29) is 22.4 Å². The van der Waals surface area contributed by atoms with Crippen molar-refractivity contribution in [3.05, 3.63) is 93.0 Å². The van der Waals surface area contributed by atoms with Crippen LogP contribution in [0.4, 0.5) is 40.8 Å². The van der Waals surface area contributed by atoms with Crippen molar-refractivity contribution in [2.24, 2.45) is 11.1 Å². The van der Waals surface area contributed by atoms with Gasteiger partial charge in [0.2, 0.25) is 5.82 Å². The van der Waals surface area contributed by atoms with E-state index in [0.717, 1.165) is 0 Å². The second-order valence-electron chi connectivity index (χ2n) is 9.57. The van der Waals surface area contributed by atoms with Crippen LogP contribution in [0.5, 0.6) is 0 Å². The Hall–Kier alpha value is -3.32. The molecule has 0 aromatic heterocycles. The van der Waals surface area contributed by atoms with Crippen LogP contribution in [0.25, 0.3) is 0 Å². The minimum atomic E-state index is -2.27. The summed E-state index contributed by atoms with van der Waals surface area (Å²) in [6.45, 7) is 6.94. The number of oxime groups is 1. The number of hydrogen-bond acceptors (Lipinski definition) is 4. The Morgan fingerprint density at radius 1 is 0.886 bits per heavy atom. The Balaban J connectivity index is 0.00000159. The van der Waals surface area contributed by atoms with Crippen molar-refractivity contribution in [3.63, 3.8) is 0 Å². The second kappa shape index (κ2) is 17.2. The molecule has 1 amide bonds. The van der Waals surface area contributed by atoms with E-state index in [1.54, 1.807) is 6.92 Å². The fraction of sp³-hybridized carbons (Fsp3) is 0.333. The summed E-state index contributed by atoms with van der Waals surface area (Å²) in [5, 5.41) is 6.01. The number of nitrogens with one attached hydrogen (secondary N) is 1. The number of anilines is 1. The lowest BCUT2D eigenvalue weighted by Gasteiger charge is -2.15. The number of hydrogen-bond donors (Lipinski definition) is 1. The Morgan fingerprint density at radius 3 is 1.98 bits per heavy atom. The molecule has 0 saturated carbocycles. The zero-order chi connectivity index (χ0) is 33.1. The molecule has 3 aromatic rings. The lowest BCUT2D eigenvalue weighted by atomic mass is 10.1. The molecule has 4 nitrogen and oxygen atoms in total. The molecule has 0 heterocycles. The molecule has 44 heavy (non-hydrogen) atoms. The van der Waals surface area contributed by atoms with E-state index in [9.17, 15) is 39.9 Å². The molecule has 0 bridgehead atoms. The first-order valence-electron chi connectivity index (χ1n) is 13.3. The zero-order valence-electron chi connectivity index (χ0n) is 24.0. The molecule has 0 aliphatic heterocycles. The first-order chi connectivity index (χ1) is 20.7. The maximum atomic E-state index is 13.7. The summed E-state index contributed by atoms with van der Waals surface area (Å²) in [6, 6.07) is 5.58. The highest BCUT2D eigenvalue weighted by atomic mass is 35.5. The van der Waals surface area contributed by atoms with Gasteiger partial charge in [-0.1, -0.05) is 57.3 Å². The van der Waals surface area contributed by atoms with Crippen LogP contribution >= 0.6 is 23.4 Å². The summed E-state index contributed by atoms with van der Waals surface area (Å²) in [7, 11) is 0. The number of unbranched alkanes of at least 4 members (excludes halogenated alkanes) is 1. The van der Waals surface area contributed by atoms with Gasteiger partial charge in [-0.25, -0.2) is 35.1 Å². The van der Waals surface area contributed by atoms with E-state index < -0.39 is 64.6 Å². The van der Waals surface area contributed by atoms with E-state index in [2.05, 4.69) is 24.3 Å². The maximum absolute atomic E-state index is 13.7. The predicted octanol–water partition coefficient (Wildman–Crippen LogP) is 10.2. The van der Waals surface area contributed by atoms with Crippen LogP contribution < -0.4 is 5.32 Å². The summed E-state index contributed by atoms with van der Waals surface area (Å²) in [6.07, 6.45) is 4.39.